The first-order chi connectivity index (χ1) is 8.25. The molecule has 0 radical (unpaired) electrons. The van der Waals surface area contributed by atoms with Gasteiger partial charge in [0.2, 0.25) is 0 Å². The van der Waals surface area contributed by atoms with Crippen LogP contribution >= 0.6 is 34.8 Å². The van der Waals surface area contributed by atoms with Gasteiger partial charge < -0.3 is 10.4 Å². The van der Waals surface area contributed by atoms with Crippen LogP contribution in [0.25, 0.3) is 0 Å². The van der Waals surface area contributed by atoms with Crippen molar-refractivity contribution in [3.63, 3.8) is 0 Å². The van der Waals surface area contributed by atoms with Crippen molar-refractivity contribution in [3.8, 4) is 0 Å². The van der Waals surface area contributed by atoms with Crippen LogP contribution in [0.5, 0.6) is 0 Å². The Hall–Kier alpha value is -0.240. The summed E-state index contributed by atoms with van der Waals surface area (Å²) in [5, 5.41) is 11.9. The molecular formula is C9H10Cl3NO4S. The third kappa shape index (κ3) is 4.15. The van der Waals surface area contributed by atoms with Crippen molar-refractivity contribution in [2.75, 3.05) is 17.7 Å². The summed E-state index contributed by atoms with van der Waals surface area (Å²) in [6.45, 7) is 0.130. The van der Waals surface area contributed by atoms with E-state index in [0.717, 1.165) is 6.07 Å². The van der Waals surface area contributed by atoms with Gasteiger partial charge in [0.15, 0.2) is 0 Å². The Morgan fingerprint density at radius 2 is 1.89 bits per heavy atom. The number of nitrogens with one attached hydrogen (secondary N) is 1. The van der Waals surface area contributed by atoms with Crippen molar-refractivity contribution in [2.45, 2.75) is 11.0 Å². The Balaban J connectivity index is 3.01. The molecule has 0 saturated heterocycles. The number of hydrogen-bond donors (Lipinski definition) is 3. The van der Waals surface area contributed by atoms with E-state index in [9.17, 15) is 13.5 Å². The second kappa shape index (κ2) is 6.27. The third-order valence-corrected chi connectivity index (χ3v) is 3.99. The largest absolute Gasteiger partial charge is 0.390 e. The molecule has 1 aromatic carbocycles. The summed E-state index contributed by atoms with van der Waals surface area (Å²) in [6.07, 6.45) is -0.775. The monoisotopic (exact) mass is 333 g/mol. The first-order valence-electron chi connectivity index (χ1n) is 4.70. The number of anilines is 1. The van der Waals surface area contributed by atoms with E-state index < -0.39 is 21.1 Å². The topological polar surface area (TPSA) is 86.6 Å². The second-order valence-corrected chi connectivity index (χ2v) is 5.94. The minimum atomic E-state index is -4.42. The first kappa shape index (κ1) is 15.8. The van der Waals surface area contributed by atoms with Gasteiger partial charge in [0.1, 0.15) is 4.90 Å². The van der Waals surface area contributed by atoms with Gasteiger partial charge in [-0.25, -0.2) is 0 Å². The van der Waals surface area contributed by atoms with Gasteiger partial charge in [-0.1, -0.05) is 23.2 Å². The fraction of sp³-hybridized carbons (Fsp3) is 0.333. The summed E-state index contributed by atoms with van der Waals surface area (Å²) in [7, 11) is -4.42. The Kier molecular flexibility index (Phi) is 5.51. The van der Waals surface area contributed by atoms with E-state index in [1.54, 1.807) is 0 Å². The maximum atomic E-state index is 11.0. The number of aliphatic hydroxyl groups excluding tert-OH is 1. The Morgan fingerprint density at radius 1 is 1.28 bits per heavy atom. The second-order valence-electron chi connectivity index (χ2n) is 3.43. The van der Waals surface area contributed by atoms with Gasteiger partial charge in [0.25, 0.3) is 10.1 Å². The van der Waals surface area contributed by atoms with Crippen LogP contribution in [0.1, 0.15) is 0 Å². The smallest absolute Gasteiger partial charge is 0.296 e. The maximum Gasteiger partial charge on any atom is 0.296 e. The van der Waals surface area contributed by atoms with E-state index in [-0.39, 0.29) is 22.5 Å². The lowest BCUT2D eigenvalue weighted by Crippen LogP contribution is -2.21. The molecule has 0 aliphatic heterocycles. The summed E-state index contributed by atoms with van der Waals surface area (Å²) < 4.78 is 30.8. The molecule has 102 valence electrons. The van der Waals surface area contributed by atoms with Crippen LogP contribution in [0.3, 0.4) is 0 Å². The molecule has 3 N–H and O–H groups in total. The van der Waals surface area contributed by atoms with Crippen molar-refractivity contribution in [1.82, 2.24) is 0 Å². The molecular weight excluding hydrogens is 325 g/mol. The minimum Gasteiger partial charge on any atom is -0.390 e. The van der Waals surface area contributed by atoms with Crippen LogP contribution in [0.4, 0.5) is 5.69 Å². The number of alkyl halides is 1. The zero-order valence-corrected chi connectivity index (χ0v) is 12.0. The van der Waals surface area contributed by atoms with Crippen molar-refractivity contribution in [1.29, 1.82) is 0 Å². The molecule has 1 aromatic rings. The number of aliphatic hydroxyl groups is 1. The van der Waals surface area contributed by atoms with Gasteiger partial charge in [-0.2, -0.15) is 8.42 Å². The van der Waals surface area contributed by atoms with E-state index in [1.807, 2.05) is 0 Å². The van der Waals surface area contributed by atoms with Crippen molar-refractivity contribution in [3.05, 3.63) is 22.2 Å². The van der Waals surface area contributed by atoms with Crippen molar-refractivity contribution in [2.24, 2.45) is 0 Å². The van der Waals surface area contributed by atoms with Gasteiger partial charge in [-0.3, -0.25) is 4.55 Å². The van der Waals surface area contributed by atoms with Gasteiger partial charge in [0.05, 0.1) is 27.7 Å². The number of rotatable bonds is 5. The molecule has 1 unspecified atom stereocenters. The standard InChI is InChI=1S/C9H10Cl3NO4S/c10-3-5(14)4-13-8-1-7(12)9(2-6(8)11)18(15,16)17/h1-2,5,13-14H,3-4H2,(H,15,16,17). The van der Waals surface area contributed by atoms with E-state index in [0.29, 0.717) is 5.69 Å². The van der Waals surface area contributed by atoms with Gasteiger partial charge in [0, 0.05) is 6.54 Å². The molecule has 5 nitrogen and oxygen atoms in total. The average Bonchev–Trinajstić information content (AvgIpc) is 2.27. The fourth-order valence-corrected chi connectivity index (χ4v) is 2.58. The van der Waals surface area contributed by atoms with Crippen LogP contribution in [0.15, 0.2) is 17.0 Å². The quantitative estimate of drug-likeness (QED) is 0.568. The van der Waals surface area contributed by atoms with Crippen LogP contribution in [0, 0.1) is 0 Å². The molecule has 0 heterocycles. The van der Waals surface area contributed by atoms with Gasteiger partial charge >= 0.3 is 0 Å². The van der Waals surface area contributed by atoms with E-state index in [1.165, 1.54) is 6.07 Å². The number of benzene rings is 1. The summed E-state index contributed by atoms with van der Waals surface area (Å²) >= 11 is 16.9. The van der Waals surface area contributed by atoms with E-state index in [4.69, 9.17) is 39.4 Å². The highest BCUT2D eigenvalue weighted by Gasteiger charge is 2.17. The van der Waals surface area contributed by atoms with Crippen LogP contribution in [-0.2, 0) is 10.1 Å². The lowest BCUT2D eigenvalue weighted by atomic mass is 10.3. The molecule has 0 saturated carbocycles. The lowest BCUT2D eigenvalue weighted by molar-refractivity contribution is 0.211. The SMILES string of the molecule is O=S(=O)(O)c1cc(Cl)c(NCC(O)CCl)cc1Cl. The first-order valence-corrected chi connectivity index (χ1v) is 7.43. The molecule has 1 atom stereocenters. The van der Waals surface area contributed by atoms with Crippen LogP contribution in [-0.4, -0.2) is 36.6 Å². The van der Waals surface area contributed by atoms with Gasteiger partial charge in [-0.05, 0) is 12.1 Å². The zero-order valence-electron chi connectivity index (χ0n) is 8.90. The van der Waals surface area contributed by atoms with Crippen LogP contribution in [0.2, 0.25) is 10.0 Å². The number of halogens is 3. The number of hydrogen-bond acceptors (Lipinski definition) is 4. The highest BCUT2D eigenvalue weighted by Crippen LogP contribution is 2.31. The molecule has 0 amide bonds. The Labute approximate surface area is 119 Å². The molecule has 0 bridgehead atoms. The fourth-order valence-electron chi connectivity index (χ4n) is 1.14. The normalized spacial score (nSPS) is 13.4. The molecule has 0 aliphatic rings. The summed E-state index contributed by atoms with van der Waals surface area (Å²) in [5.41, 5.74) is 0.332. The minimum absolute atomic E-state index is 0.0431. The molecule has 0 fully saturated rings. The van der Waals surface area contributed by atoms with Gasteiger partial charge in [-0.15, -0.1) is 11.6 Å². The zero-order chi connectivity index (χ0) is 13.9. The summed E-state index contributed by atoms with van der Waals surface area (Å²) in [4.78, 5) is -0.474. The summed E-state index contributed by atoms with van der Waals surface area (Å²) in [6, 6.07) is 2.27. The molecule has 0 spiro atoms. The Bertz CT molecular complexity index is 535. The van der Waals surface area contributed by atoms with Crippen LogP contribution < -0.4 is 5.32 Å². The third-order valence-electron chi connectivity index (χ3n) is 2.01. The van der Waals surface area contributed by atoms with Crippen molar-refractivity contribution < 1.29 is 18.1 Å². The highest BCUT2D eigenvalue weighted by molar-refractivity contribution is 7.86. The highest BCUT2D eigenvalue weighted by atomic mass is 35.5. The average molecular weight is 335 g/mol. The summed E-state index contributed by atoms with van der Waals surface area (Å²) in [5.74, 6) is 0.0431. The molecule has 1 rings (SSSR count). The Morgan fingerprint density at radius 3 is 2.39 bits per heavy atom. The van der Waals surface area contributed by atoms with E-state index >= 15 is 0 Å². The predicted octanol–water partition coefficient (Wildman–Crippen LogP) is 2.25. The molecule has 0 aromatic heterocycles. The molecule has 18 heavy (non-hydrogen) atoms. The van der Waals surface area contributed by atoms with E-state index in [2.05, 4.69) is 5.32 Å². The van der Waals surface area contributed by atoms with Crippen molar-refractivity contribution >= 4 is 50.6 Å². The maximum absolute atomic E-state index is 11.0. The molecule has 0 aliphatic carbocycles. The lowest BCUT2D eigenvalue weighted by Gasteiger charge is -2.12. The molecule has 9 heteroatoms. The predicted molar refractivity (Wildman–Crippen MR) is 71.5 cm³/mol.